The third kappa shape index (κ3) is 2.37. The van der Waals surface area contributed by atoms with Gasteiger partial charge in [0.05, 0.1) is 11.4 Å². The Balaban J connectivity index is 1.99. The fourth-order valence-electron chi connectivity index (χ4n) is 2.89. The van der Waals surface area contributed by atoms with Gasteiger partial charge >= 0.3 is 0 Å². The van der Waals surface area contributed by atoms with Crippen LogP contribution < -0.4 is 5.32 Å². The molecule has 0 bridgehead atoms. The number of nitrogens with one attached hydrogen (secondary N) is 1. The Hall–Kier alpha value is -2.40. The van der Waals surface area contributed by atoms with Gasteiger partial charge in [-0.1, -0.05) is 24.6 Å². The van der Waals surface area contributed by atoms with E-state index >= 15 is 0 Å². The SMILES string of the molecule is Cc1cccc(-c2nnc3n2-c2ccc(Cl)cc2NCC3C)n1. The van der Waals surface area contributed by atoms with Crippen molar-refractivity contribution in [3.8, 4) is 17.2 Å². The molecule has 23 heavy (non-hydrogen) atoms. The van der Waals surface area contributed by atoms with Gasteiger partial charge in [0.15, 0.2) is 5.82 Å². The first kappa shape index (κ1) is 14.2. The summed E-state index contributed by atoms with van der Waals surface area (Å²) in [4.78, 5) is 4.60. The summed E-state index contributed by atoms with van der Waals surface area (Å²) in [6.45, 7) is 4.89. The van der Waals surface area contributed by atoms with Crippen LogP contribution in [0.2, 0.25) is 5.02 Å². The lowest BCUT2D eigenvalue weighted by molar-refractivity contribution is 0.725. The van der Waals surface area contributed by atoms with E-state index in [0.29, 0.717) is 5.02 Å². The van der Waals surface area contributed by atoms with E-state index in [4.69, 9.17) is 11.6 Å². The quantitative estimate of drug-likeness (QED) is 0.739. The minimum absolute atomic E-state index is 0.229. The number of pyridine rings is 1. The van der Waals surface area contributed by atoms with Gasteiger partial charge in [-0.05, 0) is 37.3 Å². The summed E-state index contributed by atoms with van der Waals surface area (Å²) in [5.41, 5.74) is 3.75. The molecule has 2 aromatic heterocycles. The molecule has 116 valence electrons. The first-order chi connectivity index (χ1) is 11.1. The maximum absolute atomic E-state index is 6.15. The van der Waals surface area contributed by atoms with Crippen molar-refractivity contribution in [3.63, 3.8) is 0 Å². The van der Waals surface area contributed by atoms with Crippen LogP contribution in [0.1, 0.15) is 24.4 Å². The van der Waals surface area contributed by atoms with Crippen LogP contribution in [0.4, 0.5) is 5.69 Å². The van der Waals surface area contributed by atoms with Crippen LogP contribution in [0.3, 0.4) is 0 Å². The molecular weight excluding hydrogens is 310 g/mol. The zero-order valence-corrected chi connectivity index (χ0v) is 13.7. The second kappa shape index (κ2) is 5.35. The van der Waals surface area contributed by atoms with E-state index < -0.39 is 0 Å². The molecule has 1 N–H and O–H groups in total. The van der Waals surface area contributed by atoms with Gasteiger partial charge in [0.2, 0.25) is 0 Å². The van der Waals surface area contributed by atoms with E-state index in [1.807, 2.05) is 43.3 Å². The molecule has 0 saturated carbocycles. The number of anilines is 1. The Morgan fingerprint density at radius 1 is 1.22 bits per heavy atom. The fraction of sp³-hybridized carbons (Fsp3) is 0.235. The molecule has 1 aliphatic rings. The lowest BCUT2D eigenvalue weighted by Gasteiger charge is -2.12. The van der Waals surface area contributed by atoms with Crippen molar-refractivity contribution in [1.29, 1.82) is 0 Å². The Morgan fingerprint density at radius 2 is 2.09 bits per heavy atom. The van der Waals surface area contributed by atoms with Crippen LogP contribution >= 0.6 is 11.6 Å². The third-order valence-electron chi connectivity index (χ3n) is 4.04. The Bertz CT molecular complexity index is 886. The van der Waals surface area contributed by atoms with Gasteiger partial charge in [0, 0.05) is 23.2 Å². The third-order valence-corrected chi connectivity index (χ3v) is 4.28. The van der Waals surface area contributed by atoms with Crippen molar-refractivity contribution >= 4 is 17.3 Å². The van der Waals surface area contributed by atoms with E-state index in [9.17, 15) is 0 Å². The first-order valence-electron chi connectivity index (χ1n) is 7.56. The monoisotopic (exact) mass is 325 g/mol. The van der Waals surface area contributed by atoms with Gasteiger partial charge < -0.3 is 5.32 Å². The van der Waals surface area contributed by atoms with Crippen molar-refractivity contribution in [1.82, 2.24) is 19.7 Å². The molecule has 0 radical (unpaired) electrons. The summed E-state index contributed by atoms with van der Waals surface area (Å²) in [5.74, 6) is 1.91. The number of rotatable bonds is 1. The predicted molar refractivity (Wildman–Crippen MR) is 91.2 cm³/mol. The number of aryl methyl sites for hydroxylation is 1. The fourth-order valence-corrected chi connectivity index (χ4v) is 3.06. The van der Waals surface area contributed by atoms with Gasteiger partial charge in [-0.2, -0.15) is 0 Å². The highest BCUT2D eigenvalue weighted by Crippen LogP contribution is 2.34. The van der Waals surface area contributed by atoms with Crippen molar-refractivity contribution in [2.75, 3.05) is 11.9 Å². The Morgan fingerprint density at radius 3 is 2.91 bits per heavy atom. The summed E-state index contributed by atoms with van der Waals surface area (Å²) < 4.78 is 2.08. The maximum atomic E-state index is 6.15. The molecule has 4 rings (SSSR count). The summed E-state index contributed by atoms with van der Waals surface area (Å²) in [6, 6.07) is 11.7. The molecular formula is C17H16ClN5. The normalized spacial score (nSPS) is 16.2. The van der Waals surface area contributed by atoms with Crippen LogP contribution in [-0.2, 0) is 0 Å². The van der Waals surface area contributed by atoms with Crippen LogP contribution in [0.5, 0.6) is 0 Å². The molecule has 1 unspecified atom stereocenters. The van der Waals surface area contributed by atoms with E-state index in [1.165, 1.54) is 0 Å². The van der Waals surface area contributed by atoms with E-state index in [-0.39, 0.29) is 5.92 Å². The second-order valence-corrected chi connectivity index (χ2v) is 6.26. The molecule has 5 nitrogen and oxygen atoms in total. The van der Waals surface area contributed by atoms with Gasteiger partial charge in [-0.15, -0.1) is 10.2 Å². The van der Waals surface area contributed by atoms with Crippen molar-refractivity contribution in [2.45, 2.75) is 19.8 Å². The Labute approximate surface area is 139 Å². The molecule has 0 spiro atoms. The van der Waals surface area contributed by atoms with E-state index in [0.717, 1.165) is 41.0 Å². The van der Waals surface area contributed by atoms with Gasteiger partial charge in [-0.3, -0.25) is 4.57 Å². The average molecular weight is 326 g/mol. The number of benzene rings is 1. The Kier molecular flexibility index (Phi) is 3.31. The molecule has 1 aliphatic heterocycles. The van der Waals surface area contributed by atoms with Crippen LogP contribution in [0.15, 0.2) is 36.4 Å². The highest BCUT2D eigenvalue weighted by Gasteiger charge is 2.25. The molecule has 6 heteroatoms. The number of hydrogen-bond donors (Lipinski definition) is 1. The topological polar surface area (TPSA) is 55.6 Å². The van der Waals surface area contributed by atoms with Crippen molar-refractivity contribution in [2.24, 2.45) is 0 Å². The molecule has 1 atom stereocenters. The second-order valence-electron chi connectivity index (χ2n) is 5.82. The van der Waals surface area contributed by atoms with Crippen molar-refractivity contribution < 1.29 is 0 Å². The molecule has 0 aliphatic carbocycles. The summed E-state index contributed by atoms with van der Waals surface area (Å²) in [5, 5.41) is 13.0. The predicted octanol–water partition coefficient (Wildman–Crippen LogP) is 3.82. The van der Waals surface area contributed by atoms with Crippen LogP contribution in [0.25, 0.3) is 17.2 Å². The molecule has 0 saturated heterocycles. The molecule has 0 fully saturated rings. The van der Waals surface area contributed by atoms with Crippen LogP contribution in [0, 0.1) is 6.92 Å². The smallest absolute Gasteiger partial charge is 0.187 e. The lowest BCUT2D eigenvalue weighted by Crippen LogP contribution is -2.09. The zero-order chi connectivity index (χ0) is 16.0. The highest BCUT2D eigenvalue weighted by molar-refractivity contribution is 6.31. The largest absolute Gasteiger partial charge is 0.383 e. The first-order valence-corrected chi connectivity index (χ1v) is 7.94. The number of hydrogen-bond acceptors (Lipinski definition) is 4. The number of aromatic nitrogens is 4. The standard InChI is InChI=1S/C17H16ClN5/c1-10-9-19-14-8-12(18)6-7-15(14)23-16(10)21-22-17(23)13-5-3-4-11(2)20-13/h3-8,10,19H,9H2,1-2H3. The summed E-state index contributed by atoms with van der Waals surface area (Å²) in [7, 11) is 0. The van der Waals surface area contributed by atoms with Crippen molar-refractivity contribution in [3.05, 3.63) is 52.9 Å². The van der Waals surface area contributed by atoms with E-state index in [2.05, 4.69) is 32.0 Å². The summed E-state index contributed by atoms with van der Waals surface area (Å²) >= 11 is 6.15. The van der Waals surface area contributed by atoms with Gasteiger partial charge in [0.1, 0.15) is 11.5 Å². The molecule has 0 amide bonds. The maximum Gasteiger partial charge on any atom is 0.187 e. The van der Waals surface area contributed by atoms with Gasteiger partial charge in [0.25, 0.3) is 0 Å². The highest BCUT2D eigenvalue weighted by atomic mass is 35.5. The van der Waals surface area contributed by atoms with E-state index in [1.54, 1.807) is 0 Å². The average Bonchev–Trinajstić information content (AvgIpc) is 2.92. The minimum Gasteiger partial charge on any atom is -0.383 e. The molecule has 3 heterocycles. The van der Waals surface area contributed by atoms with Gasteiger partial charge in [-0.25, -0.2) is 4.98 Å². The summed E-state index contributed by atoms with van der Waals surface area (Å²) in [6.07, 6.45) is 0. The van der Waals surface area contributed by atoms with Crippen LogP contribution in [-0.4, -0.2) is 26.3 Å². The minimum atomic E-state index is 0.229. The number of halogens is 1. The molecule has 1 aromatic carbocycles. The lowest BCUT2D eigenvalue weighted by atomic mass is 10.1. The number of nitrogens with zero attached hydrogens (tertiary/aromatic N) is 4. The zero-order valence-electron chi connectivity index (χ0n) is 12.9. The molecule has 3 aromatic rings. The number of fused-ring (bicyclic) bond motifs is 3.